The van der Waals surface area contributed by atoms with Gasteiger partial charge in [-0.15, -0.1) is 0 Å². The van der Waals surface area contributed by atoms with Crippen LogP contribution in [-0.4, -0.2) is 103 Å². The molecular formula is C38H48N10O6. The summed E-state index contributed by atoms with van der Waals surface area (Å²) in [4.78, 5) is 79.7. The number of methoxy groups -OCH3 is 2. The molecule has 1 unspecified atom stereocenters. The molecule has 16 nitrogen and oxygen atoms in total. The number of likely N-dealkylation sites (tertiary alicyclic amines) is 2. The molecule has 2 fully saturated rings. The number of carbonyl (C=O) groups is 4. The molecule has 0 aliphatic carbocycles. The van der Waals surface area contributed by atoms with Gasteiger partial charge in [-0.3, -0.25) is 9.59 Å². The van der Waals surface area contributed by atoms with Crippen LogP contribution >= 0.6 is 0 Å². The quantitative estimate of drug-likeness (QED) is 0.162. The Balaban J connectivity index is 1.11. The number of hydrogen-bond donors (Lipinski definition) is 4. The maximum absolute atomic E-state index is 13.5. The predicted molar refractivity (Wildman–Crippen MR) is 198 cm³/mol. The number of rotatable bonds is 11. The maximum atomic E-state index is 13.5. The summed E-state index contributed by atoms with van der Waals surface area (Å²) in [6.07, 6.45) is 8.86. The van der Waals surface area contributed by atoms with Crippen molar-refractivity contribution < 1.29 is 28.7 Å². The molecule has 2 saturated heterocycles. The fourth-order valence-corrected chi connectivity index (χ4v) is 7.11. The molecule has 3 aromatic heterocycles. The number of benzene rings is 1. The van der Waals surface area contributed by atoms with E-state index in [9.17, 15) is 19.2 Å². The van der Waals surface area contributed by atoms with E-state index < -0.39 is 24.3 Å². The second kappa shape index (κ2) is 16.5. The Hall–Kier alpha value is -5.80. The van der Waals surface area contributed by atoms with Gasteiger partial charge in [0.2, 0.25) is 11.8 Å². The molecule has 0 radical (unpaired) electrons. The van der Waals surface area contributed by atoms with Crippen LogP contribution in [-0.2, 0) is 19.1 Å². The lowest BCUT2D eigenvalue weighted by Crippen LogP contribution is -2.51. The molecule has 0 bridgehead atoms. The Bertz CT molecular complexity index is 1800. The Morgan fingerprint density at radius 2 is 1.07 bits per heavy atom. The lowest BCUT2D eigenvalue weighted by molar-refractivity contribution is -0.136. The Morgan fingerprint density at radius 1 is 0.648 bits per heavy atom. The highest BCUT2D eigenvalue weighted by molar-refractivity contribution is 5.87. The number of amides is 4. The molecule has 4 amide bonds. The van der Waals surface area contributed by atoms with Crippen LogP contribution in [0.25, 0.3) is 33.9 Å². The van der Waals surface area contributed by atoms with Crippen molar-refractivity contribution in [3.63, 3.8) is 0 Å². The highest BCUT2D eigenvalue weighted by Crippen LogP contribution is 2.34. The number of alkyl carbamates (subject to hydrolysis) is 2. The van der Waals surface area contributed by atoms with E-state index in [2.05, 4.69) is 40.5 Å². The average Bonchev–Trinajstić information content (AvgIpc) is 4.02. The maximum Gasteiger partial charge on any atom is 0.407 e. The summed E-state index contributed by atoms with van der Waals surface area (Å²) in [6, 6.07) is 5.95. The summed E-state index contributed by atoms with van der Waals surface area (Å²) in [5, 5.41) is 5.36. The Labute approximate surface area is 313 Å². The molecule has 2 aliphatic rings. The van der Waals surface area contributed by atoms with Gasteiger partial charge in [0.15, 0.2) is 5.82 Å². The van der Waals surface area contributed by atoms with E-state index in [1.807, 2.05) is 52.0 Å². The molecule has 54 heavy (non-hydrogen) atoms. The lowest BCUT2D eigenvalue weighted by Gasteiger charge is -2.30. The fraction of sp³-hybridized carbons (Fsp3) is 0.474. The number of nitrogens with zero attached hydrogens (tertiary/aromatic N) is 6. The average molecular weight is 741 g/mol. The standard InChI is InChI=1S/C38H48N10O6/c1-21(2)30(45-37(51)53-5)35(49)47-15-7-9-28(47)33-41-19-26(43-33)23-11-13-24(14-12-23)32-39-17-25(18-40-32)27-20-42-34(44-27)29-10-8-16-48(29)36(50)31(22(3)4)46-38(52)54-6/h11-14,17-22,28-31H,7-10,15-16H2,1-6H3,(H,41,43)(H,42,44)(H,45,51)(H,46,52)/t28-,29-,30?,31-/m0/s1. The fourth-order valence-electron chi connectivity index (χ4n) is 7.11. The molecule has 16 heteroatoms. The molecule has 2 aliphatic heterocycles. The monoisotopic (exact) mass is 740 g/mol. The second-order valence-electron chi connectivity index (χ2n) is 14.3. The minimum absolute atomic E-state index is 0.114. The van der Waals surface area contributed by atoms with Gasteiger partial charge in [-0.1, -0.05) is 52.0 Å². The summed E-state index contributed by atoms with van der Waals surface area (Å²) in [5.41, 5.74) is 4.06. The summed E-state index contributed by atoms with van der Waals surface area (Å²) >= 11 is 0. The van der Waals surface area contributed by atoms with Gasteiger partial charge in [-0.2, -0.15) is 0 Å². The van der Waals surface area contributed by atoms with Crippen molar-refractivity contribution in [2.75, 3.05) is 27.3 Å². The highest BCUT2D eigenvalue weighted by atomic mass is 16.5. The summed E-state index contributed by atoms with van der Waals surface area (Å²) in [7, 11) is 2.56. The lowest BCUT2D eigenvalue weighted by atomic mass is 10.0. The third-order valence-electron chi connectivity index (χ3n) is 10.1. The molecule has 4 atom stereocenters. The van der Waals surface area contributed by atoms with Gasteiger partial charge in [0, 0.05) is 36.6 Å². The predicted octanol–water partition coefficient (Wildman–Crippen LogP) is 5.01. The van der Waals surface area contributed by atoms with Crippen molar-refractivity contribution >= 4 is 24.0 Å². The Morgan fingerprint density at radius 3 is 1.50 bits per heavy atom. The number of imidazole rings is 2. The summed E-state index contributed by atoms with van der Waals surface area (Å²) < 4.78 is 9.48. The van der Waals surface area contributed by atoms with Crippen molar-refractivity contribution in [1.82, 2.24) is 50.3 Å². The first-order chi connectivity index (χ1) is 26.0. The number of aromatic amines is 2. The van der Waals surface area contributed by atoms with Gasteiger partial charge in [-0.25, -0.2) is 29.5 Å². The largest absolute Gasteiger partial charge is 0.453 e. The van der Waals surface area contributed by atoms with E-state index in [4.69, 9.17) is 9.47 Å². The molecule has 4 aromatic rings. The van der Waals surface area contributed by atoms with Crippen LogP contribution in [0.5, 0.6) is 0 Å². The molecule has 5 heterocycles. The smallest absolute Gasteiger partial charge is 0.407 e. The van der Waals surface area contributed by atoms with E-state index in [1.54, 1.807) is 34.6 Å². The van der Waals surface area contributed by atoms with E-state index in [1.165, 1.54) is 14.2 Å². The minimum Gasteiger partial charge on any atom is -0.453 e. The zero-order chi connectivity index (χ0) is 38.5. The van der Waals surface area contributed by atoms with Crippen molar-refractivity contribution in [1.29, 1.82) is 0 Å². The normalized spacial score (nSPS) is 18.1. The number of carbonyl (C=O) groups excluding carboxylic acids is 4. The summed E-state index contributed by atoms with van der Waals surface area (Å²) in [6.45, 7) is 8.70. The second-order valence-corrected chi connectivity index (χ2v) is 14.3. The third-order valence-corrected chi connectivity index (χ3v) is 10.1. The topological polar surface area (TPSA) is 200 Å². The van der Waals surface area contributed by atoms with Gasteiger partial charge in [-0.05, 0) is 43.1 Å². The van der Waals surface area contributed by atoms with E-state index >= 15 is 0 Å². The van der Waals surface area contributed by atoms with Crippen molar-refractivity contribution in [3.8, 4) is 33.9 Å². The first kappa shape index (κ1) is 37.9. The number of aromatic nitrogens is 6. The van der Waals surface area contributed by atoms with Gasteiger partial charge in [0.1, 0.15) is 23.7 Å². The molecule has 4 N–H and O–H groups in total. The van der Waals surface area contributed by atoms with Gasteiger partial charge in [0.25, 0.3) is 0 Å². The zero-order valence-corrected chi connectivity index (χ0v) is 31.5. The Kier molecular flexibility index (Phi) is 11.6. The minimum atomic E-state index is -0.707. The van der Waals surface area contributed by atoms with Gasteiger partial charge >= 0.3 is 12.2 Å². The zero-order valence-electron chi connectivity index (χ0n) is 31.5. The molecule has 286 valence electrons. The first-order valence-electron chi connectivity index (χ1n) is 18.3. The molecular weight excluding hydrogens is 692 g/mol. The van der Waals surface area contributed by atoms with Crippen molar-refractivity contribution in [2.24, 2.45) is 11.8 Å². The van der Waals surface area contributed by atoms with Crippen molar-refractivity contribution in [3.05, 3.63) is 60.7 Å². The van der Waals surface area contributed by atoms with Crippen molar-refractivity contribution in [2.45, 2.75) is 77.5 Å². The molecule has 0 saturated carbocycles. The van der Waals surface area contributed by atoms with Gasteiger partial charge < -0.3 is 39.9 Å². The van der Waals surface area contributed by atoms with Gasteiger partial charge in [0.05, 0.1) is 50.1 Å². The van der Waals surface area contributed by atoms with E-state index in [0.29, 0.717) is 30.6 Å². The van der Waals surface area contributed by atoms with Crippen LogP contribution in [0, 0.1) is 11.8 Å². The van der Waals surface area contributed by atoms with Crippen LogP contribution in [0.3, 0.4) is 0 Å². The van der Waals surface area contributed by atoms with E-state index in [0.717, 1.165) is 53.8 Å². The van der Waals surface area contributed by atoms with Crippen LogP contribution in [0.4, 0.5) is 9.59 Å². The highest BCUT2D eigenvalue weighted by Gasteiger charge is 2.39. The molecule has 6 rings (SSSR count). The van der Waals surface area contributed by atoms with Crippen LogP contribution in [0.15, 0.2) is 49.1 Å². The number of ether oxygens (including phenoxy) is 2. The molecule has 0 spiro atoms. The number of nitrogens with one attached hydrogen (secondary N) is 4. The van der Waals surface area contributed by atoms with Crippen LogP contribution < -0.4 is 10.6 Å². The van der Waals surface area contributed by atoms with E-state index in [-0.39, 0.29) is 35.7 Å². The third kappa shape index (κ3) is 8.06. The van der Waals surface area contributed by atoms with Crippen LogP contribution in [0.2, 0.25) is 0 Å². The summed E-state index contributed by atoms with van der Waals surface area (Å²) in [5.74, 6) is 1.37. The molecule has 1 aromatic carbocycles. The first-order valence-corrected chi connectivity index (χ1v) is 18.3. The van der Waals surface area contributed by atoms with Crippen LogP contribution in [0.1, 0.15) is 77.1 Å². The SMILES string of the molecule is COC(=O)NC(C(=O)N1CCC[C@H]1c1ncc(-c2ccc(-c3ncc(-c4cnc([C@@H]5CCCN5C(=O)[C@@H](NC(=O)OC)C(C)C)[nH]4)cn3)cc2)[nH]1)C(C)C. The number of H-pyrrole nitrogens is 2. The number of hydrogen-bond acceptors (Lipinski definition) is 10.